The quantitative estimate of drug-likeness (QED) is 0.858. The smallest absolute Gasteiger partial charge is 0.152 e. The average molecular weight is 295 g/mol. The molecule has 1 N–H and O–H groups in total. The van der Waals surface area contributed by atoms with E-state index in [1.807, 2.05) is 43.3 Å². The van der Waals surface area contributed by atoms with Gasteiger partial charge in [0.15, 0.2) is 6.10 Å². The van der Waals surface area contributed by atoms with E-state index < -0.39 is 0 Å². The lowest BCUT2D eigenvalue weighted by molar-refractivity contribution is 0.284. The molecule has 0 aromatic heterocycles. The number of rotatable bonds is 5. The number of amidine groups is 1. The van der Waals surface area contributed by atoms with E-state index in [1.54, 1.807) is 12.1 Å². The van der Waals surface area contributed by atoms with E-state index in [-0.39, 0.29) is 6.10 Å². The molecule has 0 saturated heterocycles. The highest BCUT2D eigenvalue weighted by Crippen LogP contribution is 2.31. The molecule has 2 aromatic carbocycles. The molecule has 3 rings (SSSR count). The van der Waals surface area contributed by atoms with Crippen LogP contribution in [0.15, 0.2) is 58.7 Å². The first kappa shape index (κ1) is 14.3. The summed E-state index contributed by atoms with van der Waals surface area (Å²) in [5.41, 5.74) is 2.19. The first-order valence-electron chi connectivity index (χ1n) is 7.25. The van der Waals surface area contributed by atoms with E-state index in [4.69, 9.17) is 4.74 Å². The van der Waals surface area contributed by atoms with Gasteiger partial charge in [-0.05, 0) is 35.9 Å². The molecular weight excluding hydrogens is 278 g/mol. The number of benzene rings is 2. The Morgan fingerprint density at radius 2 is 1.95 bits per heavy atom. The molecule has 22 heavy (non-hydrogen) atoms. The minimum atomic E-state index is -0.0997. The van der Waals surface area contributed by atoms with Crippen molar-refractivity contribution in [3.8, 4) is 16.9 Å². The van der Waals surface area contributed by atoms with Crippen LogP contribution < -0.4 is 10.1 Å². The third kappa shape index (κ3) is 2.98. The average Bonchev–Trinajstić information content (AvgIpc) is 3.10. The van der Waals surface area contributed by atoms with Crippen molar-refractivity contribution >= 4 is 11.5 Å². The highest BCUT2D eigenvalue weighted by molar-refractivity contribution is 5.87. The maximum atomic E-state index is 10.9. The van der Waals surface area contributed by atoms with Crippen molar-refractivity contribution in [3.05, 3.63) is 53.4 Å². The zero-order chi connectivity index (χ0) is 15.4. The second kappa shape index (κ2) is 6.39. The molecular formula is C17H17N3O2. The Morgan fingerprint density at radius 3 is 2.64 bits per heavy atom. The lowest BCUT2D eigenvalue weighted by atomic mass is 10.0. The molecule has 1 heterocycles. The van der Waals surface area contributed by atoms with Gasteiger partial charge in [-0.15, -0.1) is 4.91 Å². The molecule has 112 valence electrons. The van der Waals surface area contributed by atoms with Gasteiger partial charge in [0.2, 0.25) is 0 Å². The summed E-state index contributed by atoms with van der Waals surface area (Å²) >= 11 is 0. The van der Waals surface area contributed by atoms with Crippen LogP contribution >= 0.6 is 0 Å². The minimum Gasteiger partial charge on any atom is -0.483 e. The molecule has 0 fully saturated rings. The van der Waals surface area contributed by atoms with E-state index in [9.17, 15) is 4.91 Å². The highest BCUT2D eigenvalue weighted by Gasteiger charge is 2.15. The fourth-order valence-corrected chi connectivity index (χ4v) is 2.46. The topological polar surface area (TPSA) is 63.0 Å². The summed E-state index contributed by atoms with van der Waals surface area (Å²) in [5.74, 6) is 1.66. The van der Waals surface area contributed by atoms with Crippen LogP contribution in [-0.4, -0.2) is 25.0 Å². The molecule has 0 bridgehead atoms. The fourth-order valence-electron chi connectivity index (χ4n) is 2.46. The van der Waals surface area contributed by atoms with Crippen molar-refractivity contribution in [1.82, 2.24) is 5.32 Å². The van der Waals surface area contributed by atoms with E-state index >= 15 is 0 Å². The zero-order valence-corrected chi connectivity index (χ0v) is 12.3. The van der Waals surface area contributed by atoms with Gasteiger partial charge in [0.1, 0.15) is 17.3 Å². The third-order valence-corrected chi connectivity index (χ3v) is 3.57. The summed E-state index contributed by atoms with van der Waals surface area (Å²) in [6, 6.07) is 14.9. The second-order valence-corrected chi connectivity index (χ2v) is 5.09. The van der Waals surface area contributed by atoms with Crippen LogP contribution in [0.1, 0.15) is 6.92 Å². The molecule has 0 amide bonds. The summed E-state index contributed by atoms with van der Waals surface area (Å²) in [5, 5.41) is 6.27. The van der Waals surface area contributed by atoms with Crippen LogP contribution in [0.25, 0.3) is 11.1 Å². The number of hydrogen-bond acceptors (Lipinski definition) is 5. The maximum Gasteiger partial charge on any atom is 0.152 e. The van der Waals surface area contributed by atoms with E-state index in [0.29, 0.717) is 5.69 Å². The van der Waals surface area contributed by atoms with Gasteiger partial charge >= 0.3 is 0 Å². The van der Waals surface area contributed by atoms with Gasteiger partial charge in [-0.25, -0.2) is 0 Å². The Morgan fingerprint density at radius 1 is 1.18 bits per heavy atom. The first-order chi connectivity index (χ1) is 10.8. The third-order valence-electron chi connectivity index (χ3n) is 3.57. The minimum absolute atomic E-state index is 0.0997. The number of nitrogens with one attached hydrogen (secondary N) is 1. The molecule has 0 aliphatic carbocycles. The molecule has 1 aliphatic rings. The molecule has 0 radical (unpaired) electrons. The number of nitroso groups, excluding NO2 is 1. The lowest BCUT2D eigenvalue weighted by Crippen LogP contribution is -2.33. The van der Waals surface area contributed by atoms with Gasteiger partial charge in [0.05, 0.1) is 6.54 Å². The predicted molar refractivity (Wildman–Crippen MR) is 87.7 cm³/mol. The highest BCUT2D eigenvalue weighted by atomic mass is 16.5. The Hall–Kier alpha value is -2.69. The first-order valence-corrected chi connectivity index (χ1v) is 7.25. The maximum absolute atomic E-state index is 10.9. The van der Waals surface area contributed by atoms with E-state index in [0.717, 1.165) is 35.8 Å². The standard InChI is InChI=1S/C17H17N3O2/c1-12(17-18-10-11-19-17)22-14-8-6-13(7-9-14)15-4-2-3-5-16(15)20-21/h2-9,12H,10-11H2,1H3,(H,18,19)/t12-/m1/s1. The SMILES string of the molecule is C[C@@H](Oc1ccc(-c2ccccc2N=O)cc1)C1=NCCN1. The molecule has 5 nitrogen and oxygen atoms in total. The van der Waals surface area contributed by atoms with Gasteiger partial charge in [-0.2, -0.15) is 0 Å². The number of hydrogen-bond donors (Lipinski definition) is 1. The van der Waals surface area contributed by atoms with Crippen molar-refractivity contribution in [2.75, 3.05) is 13.1 Å². The number of aliphatic imine (C=N–C) groups is 1. The van der Waals surface area contributed by atoms with Gasteiger partial charge in [-0.3, -0.25) is 4.99 Å². The van der Waals surface area contributed by atoms with Crippen LogP contribution in [0.4, 0.5) is 5.69 Å². The second-order valence-electron chi connectivity index (χ2n) is 5.09. The van der Waals surface area contributed by atoms with E-state index in [1.165, 1.54) is 0 Å². The zero-order valence-electron chi connectivity index (χ0n) is 12.3. The molecule has 0 unspecified atom stereocenters. The predicted octanol–water partition coefficient (Wildman–Crippen LogP) is 3.52. The monoisotopic (exact) mass is 295 g/mol. The molecule has 0 spiro atoms. The number of ether oxygens (including phenoxy) is 1. The van der Waals surface area contributed by atoms with Crippen LogP contribution in [0, 0.1) is 4.91 Å². The Labute approximate surface area is 129 Å². The van der Waals surface area contributed by atoms with Crippen LogP contribution in [0.2, 0.25) is 0 Å². The van der Waals surface area contributed by atoms with Crippen molar-refractivity contribution < 1.29 is 4.74 Å². The van der Waals surface area contributed by atoms with Crippen molar-refractivity contribution in [2.24, 2.45) is 10.2 Å². The summed E-state index contributed by atoms with van der Waals surface area (Å²) < 4.78 is 5.87. The number of nitrogens with zero attached hydrogens (tertiary/aromatic N) is 2. The van der Waals surface area contributed by atoms with Gasteiger partial charge < -0.3 is 10.1 Å². The van der Waals surface area contributed by atoms with Crippen molar-refractivity contribution in [2.45, 2.75) is 13.0 Å². The largest absolute Gasteiger partial charge is 0.483 e. The molecule has 0 saturated carbocycles. The van der Waals surface area contributed by atoms with Gasteiger partial charge in [0, 0.05) is 12.1 Å². The molecule has 5 heteroatoms. The Balaban J connectivity index is 1.76. The molecule has 1 aliphatic heterocycles. The van der Waals surface area contributed by atoms with Crippen LogP contribution in [0.5, 0.6) is 5.75 Å². The summed E-state index contributed by atoms with van der Waals surface area (Å²) in [4.78, 5) is 15.2. The van der Waals surface area contributed by atoms with Crippen molar-refractivity contribution in [3.63, 3.8) is 0 Å². The van der Waals surface area contributed by atoms with Crippen LogP contribution in [0.3, 0.4) is 0 Å². The normalized spacial score (nSPS) is 14.9. The Bertz CT molecular complexity index is 695. The van der Waals surface area contributed by atoms with E-state index in [2.05, 4.69) is 15.5 Å². The fraction of sp³-hybridized carbons (Fsp3) is 0.235. The van der Waals surface area contributed by atoms with Gasteiger partial charge in [-0.1, -0.05) is 30.3 Å². The summed E-state index contributed by atoms with van der Waals surface area (Å²) in [6.45, 7) is 3.64. The lowest BCUT2D eigenvalue weighted by Gasteiger charge is -2.15. The Kier molecular flexibility index (Phi) is 4.14. The summed E-state index contributed by atoms with van der Waals surface area (Å²) in [7, 11) is 0. The molecule has 2 aromatic rings. The van der Waals surface area contributed by atoms with Crippen molar-refractivity contribution in [1.29, 1.82) is 0 Å². The van der Waals surface area contributed by atoms with Gasteiger partial charge in [0.25, 0.3) is 0 Å². The van der Waals surface area contributed by atoms with Crippen LogP contribution in [-0.2, 0) is 0 Å². The molecule has 1 atom stereocenters. The summed E-state index contributed by atoms with van der Waals surface area (Å²) in [6.07, 6.45) is -0.0997.